The first-order chi connectivity index (χ1) is 16.4. The Hall–Kier alpha value is -0.400. The SMILES string of the molecule is C(OCC1CO1)C(COCC1CO1)OCC1CO1.CC(C)COCC(C)N.CCCOCCN. The van der Waals surface area contributed by atoms with Crippen molar-refractivity contribution in [3.8, 4) is 0 Å². The fraction of sp³-hybridized carbons (Fsp3) is 1.00. The van der Waals surface area contributed by atoms with Gasteiger partial charge in [0, 0.05) is 25.8 Å². The summed E-state index contributed by atoms with van der Waals surface area (Å²) in [4.78, 5) is 0. The Morgan fingerprint density at radius 2 is 1.26 bits per heavy atom. The molecular formula is C24H50N2O8. The van der Waals surface area contributed by atoms with Crippen molar-refractivity contribution in [2.24, 2.45) is 17.4 Å². The monoisotopic (exact) mass is 494 g/mol. The Morgan fingerprint density at radius 1 is 0.735 bits per heavy atom. The lowest BCUT2D eigenvalue weighted by molar-refractivity contribution is -0.0661. The maximum Gasteiger partial charge on any atom is 0.104 e. The fourth-order valence-corrected chi connectivity index (χ4v) is 2.36. The molecule has 0 spiro atoms. The van der Waals surface area contributed by atoms with Gasteiger partial charge in [-0.15, -0.1) is 0 Å². The van der Waals surface area contributed by atoms with Gasteiger partial charge in [0.15, 0.2) is 0 Å². The predicted molar refractivity (Wildman–Crippen MR) is 130 cm³/mol. The van der Waals surface area contributed by atoms with E-state index in [0.29, 0.717) is 58.7 Å². The molecule has 0 aromatic heterocycles. The van der Waals surface area contributed by atoms with E-state index in [4.69, 9.17) is 49.4 Å². The van der Waals surface area contributed by atoms with Gasteiger partial charge in [0.05, 0.1) is 66.1 Å². The number of hydrogen-bond donors (Lipinski definition) is 2. The molecule has 0 aromatic rings. The average molecular weight is 495 g/mol. The Balaban J connectivity index is 0.000000305. The van der Waals surface area contributed by atoms with Crippen LogP contribution in [0.25, 0.3) is 0 Å². The molecule has 10 nitrogen and oxygen atoms in total. The van der Waals surface area contributed by atoms with E-state index in [1.54, 1.807) is 0 Å². The van der Waals surface area contributed by atoms with Gasteiger partial charge in [-0.1, -0.05) is 20.8 Å². The van der Waals surface area contributed by atoms with Crippen molar-refractivity contribution < 1.29 is 37.9 Å². The van der Waals surface area contributed by atoms with E-state index in [0.717, 1.165) is 39.5 Å². The normalized spacial score (nSPS) is 23.9. The van der Waals surface area contributed by atoms with Gasteiger partial charge in [-0.25, -0.2) is 0 Å². The molecule has 0 aromatic carbocycles. The second kappa shape index (κ2) is 20.8. The van der Waals surface area contributed by atoms with E-state index in [1.807, 2.05) is 6.92 Å². The lowest BCUT2D eigenvalue weighted by Gasteiger charge is -2.17. The van der Waals surface area contributed by atoms with Gasteiger partial charge in [-0.05, 0) is 19.3 Å². The molecule has 34 heavy (non-hydrogen) atoms. The number of ether oxygens (including phenoxy) is 8. The van der Waals surface area contributed by atoms with Crippen LogP contribution >= 0.6 is 0 Å². The molecule has 4 unspecified atom stereocenters. The van der Waals surface area contributed by atoms with Crippen LogP contribution < -0.4 is 11.5 Å². The number of nitrogens with two attached hydrogens (primary N) is 2. The van der Waals surface area contributed by atoms with Crippen molar-refractivity contribution in [3.63, 3.8) is 0 Å². The second-order valence-corrected chi connectivity index (χ2v) is 9.21. The van der Waals surface area contributed by atoms with E-state index < -0.39 is 0 Å². The Morgan fingerprint density at radius 3 is 1.68 bits per heavy atom. The fourth-order valence-electron chi connectivity index (χ4n) is 2.36. The molecule has 4 atom stereocenters. The van der Waals surface area contributed by atoms with E-state index in [2.05, 4.69) is 20.8 Å². The Bertz CT molecular complexity index is 417. The first kappa shape index (κ1) is 31.6. The molecule has 0 amide bonds. The van der Waals surface area contributed by atoms with Crippen LogP contribution in [0.2, 0.25) is 0 Å². The predicted octanol–water partition coefficient (Wildman–Crippen LogP) is 0.979. The maximum atomic E-state index is 5.71. The minimum Gasteiger partial charge on any atom is -0.380 e. The van der Waals surface area contributed by atoms with Crippen LogP contribution in [0.5, 0.6) is 0 Å². The first-order valence-electron chi connectivity index (χ1n) is 12.7. The average Bonchev–Trinajstić information content (AvgIpc) is 3.62. The van der Waals surface area contributed by atoms with Gasteiger partial charge in [-0.3, -0.25) is 0 Å². The van der Waals surface area contributed by atoms with Crippen molar-refractivity contribution in [2.75, 3.05) is 85.8 Å². The highest BCUT2D eigenvalue weighted by molar-refractivity contribution is 4.72. The summed E-state index contributed by atoms with van der Waals surface area (Å²) in [6.07, 6.45) is 1.90. The summed E-state index contributed by atoms with van der Waals surface area (Å²) < 4.78 is 42.3. The molecule has 3 aliphatic heterocycles. The van der Waals surface area contributed by atoms with Crippen LogP contribution in [0.15, 0.2) is 0 Å². The van der Waals surface area contributed by atoms with Crippen LogP contribution in [0.4, 0.5) is 0 Å². The van der Waals surface area contributed by atoms with Gasteiger partial charge in [0.1, 0.15) is 24.4 Å². The summed E-state index contributed by atoms with van der Waals surface area (Å²) in [7, 11) is 0. The smallest absolute Gasteiger partial charge is 0.104 e. The molecule has 3 aliphatic rings. The van der Waals surface area contributed by atoms with Crippen LogP contribution in [0.1, 0.15) is 34.1 Å². The van der Waals surface area contributed by atoms with Crippen molar-refractivity contribution in [2.45, 2.75) is 64.6 Å². The summed E-state index contributed by atoms with van der Waals surface area (Å²) in [5, 5.41) is 0. The third-order valence-electron chi connectivity index (χ3n) is 4.38. The topological polar surface area (TPSA) is 136 Å². The lowest BCUT2D eigenvalue weighted by Crippen LogP contribution is -2.28. The third-order valence-corrected chi connectivity index (χ3v) is 4.38. The summed E-state index contributed by atoms with van der Waals surface area (Å²) in [5.74, 6) is 0.615. The highest BCUT2D eigenvalue weighted by Gasteiger charge is 2.27. The van der Waals surface area contributed by atoms with Crippen LogP contribution in [-0.4, -0.2) is 116 Å². The molecule has 3 saturated heterocycles. The van der Waals surface area contributed by atoms with Crippen molar-refractivity contribution in [1.82, 2.24) is 0 Å². The van der Waals surface area contributed by atoms with E-state index >= 15 is 0 Å². The van der Waals surface area contributed by atoms with E-state index in [1.165, 1.54) is 0 Å². The molecule has 10 heteroatoms. The zero-order valence-corrected chi connectivity index (χ0v) is 21.8. The van der Waals surface area contributed by atoms with Crippen LogP contribution in [0.3, 0.4) is 0 Å². The molecule has 0 bridgehead atoms. The first-order valence-corrected chi connectivity index (χ1v) is 12.7. The zero-order valence-electron chi connectivity index (χ0n) is 21.8. The Labute approximate surface area is 206 Å². The molecule has 204 valence electrons. The minimum atomic E-state index is -0.0355. The summed E-state index contributed by atoms with van der Waals surface area (Å²) in [5.41, 5.74) is 10.6. The minimum absolute atomic E-state index is 0.0355. The van der Waals surface area contributed by atoms with Gasteiger partial charge in [0.25, 0.3) is 0 Å². The molecule has 3 rings (SSSR count). The summed E-state index contributed by atoms with van der Waals surface area (Å²) in [6, 6.07) is 0.170. The zero-order chi connectivity index (χ0) is 25.0. The summed E-state index contributed by atoms with van der Waals surface area (Å²) >= 11 is 0. The molecule has 0 saturated carbocycles. The molecule has 0 radical (unpaired) electrons. The van der Waals surface area contributed by atoms with Crippen molar-refractivity contribution in [1.29, 1.82) is 0 Å². The van der Waals surface area contributed by atoms with Crippen molar-refractivity contribution >= 4 is 0 Å². The number of hydrogen-bond acceptors (Lipinski definition) is 10. The third kappa shape index (κ3) is 23.3. The van der Waals surface area contributed by atoms with E-state index in [9.17, 15) is 0 Å². The summed E-state index contributed by atoms with van der Waals surface area (Å²) in [6.45, 7) is 17.4. The molecule has 4 N–H and O–H groups in total. The second-order valence-electron chi connectivity index (χ2n) is 9.21. The molecular weight excluding hydrogens is 444 g/mol. The highest BCUT2D eigenvalue weighted by Crippen LogP contribution is 2.13. The van der Waals surface area contributed by atoms with Gasteiger partial charge < -0.3 is 49.4 Å². The van der Waals surface area contributed by atoms with Crippen molar-refractivity contribution in [3.05, 3.63) is 0 Å². The molecule has 3 fully saturated rings. The van der Waals surface area contributed by atoms with Crippen LogP contribution in [-0.2, 0) is 37.9 Å². The molecule has 0 aliphatic carbocycles. The van der Waals surface area contributed by atoms with Crippen LogP contribution in [0, 0.1) is 5.92 Å². The standard InChI is InChI=1S/C12H20O6.C7H17NO.C5H13NO/c1(13-3-10-5-16-10)9(15-7-12-8-18-12)2-14-4-11-6-17-11;1-6(2)4-9-5-7(3)8;1-2-4-7-5-3-6/h9-12H,1-8H2;6-7H,4-5,8H2,1-3H3;2-6H2,1H3. The maximum absolute atomic E-state index is 5.71. The van der Waals surface area contributed by atoms with Gasteiger partial charge >= 0.3 is 0 Å². The number of rotatable bonds is 19. The lowest BCUT2D eigenvalue weighted by atomic mass is 10.2. The van der Waals surface area contributed by atoms with Gasteiger partial charge in [-0.2, -0.15) is 0 Å². The Kier molecular flexibility index (Phi) is 19.3. The van der Waals surface area contributed by atoms with E-state index in [-0.39, 0.29) is 30.5 Å². The number of epoxide rings is 3. The quantitative estimate of drug-likeness (QED) is 0.197. The largest absolute Gasteiger partial charge is 0.380 e. The highest BCUT2D eigenvalue weighted by atomic mass is 16.6. The van der Waals surface area contributed by atoms with Gasteiger partial charge in [0.2, 0.25) is 0 Å². The molecule has 3 heterocycles.